The van der Waals surface area contributed by atoms with Crippen LogP contribution in [-0.4, -0.2) is 22.1 Å². The molecule has 0 aromatic carbocycles. The Kier molecular flexibility index (Phi) is 3.61. The average molecular weight is 333 g/mol. The van der Waals surface area contributed by atoms with Crippen LogP contribution in [-0.2, 0) is 9.59 Å². The first-order valence-corrected chi connectivity index (χ1v) is 10.2. The summed E-state index contributed by atoms with van der Waals surface area (Å²) in [4.78, 5) is 24.0. The minimum absolute atomic E-state index is 0.162. The molecule has 0 aromatic rings. The molecule has 0 radical (unpaired) electrons. The Morgan fingerprint density at radius 2 is 1.96 bits per heavy atom. The summed E-state index contributed by atoms with van der Waals surface area (Å²) < 4.78 is 0.162. The Hall–Kier alpha value is -0.570. The van der Waals surface area contributed by atoms with Crippen LogP contribution in [0.1, 0.15) is 59.3 Å². The standard InChI is InChI=1S/C20H28O2S/c1-12(21)16-6-7-17-15-5-4-13-10-14(22)8-9-19(13,2)18(15)11-23-20(16,17)3/h10,15-18H,4-9,11H2,1-3H3. The molecule has 0 aromatic heterocycles. The van der Waals surface area contributed by atoms with E-state index in [1.807, 2.05) is 6.08 Å². The Labute approximate surface area is 143 Å². The molecule has 0 amide bonds. The average Bonchev–Trinajstić information content (AvgIpc) is 2.85. The van der Waals surface area contributed by atoms with Crippen molar-refractivity contribution in [3.8, 4) is 0 Å². The van der Waals surface area contributed by atoms with Crippen molar-refractivity contribution in [2.45, 2.75) is 64.0 Å². The predicted octanol–water partition coefficient (Wildman–Crippen LogP) is 4.43. The fraction of sp³-hybridized carbons (Fsp3) is 0.800. The summed E-state index contributed by atoms with van der Waals surface area (Å²) in [6.45, 7) is 6.58. The van der Waals surface area contributed by atoms with Crippen molar-refractivity contribution >= 4 is 23.3 Å². The third-order valence-corrected chi connectivity index (χ3v) is 9.55. The van der Waals surface area contributed by atoms with E-state index < -0.39 is 0 Å². The molecule has 4 rings (SSSR count). The number of ketones is 2. The molecule has 4 aliphatic rings. The van der Waals surface area contributed by atoms with E-state index in [1.165, 1.54) is 24.2 Å². The summed E-state index contributed by atoms with van der Waals surface area (Å²) in [6, 6.07) is 0. The Morgan fingerprint density at radius 3 is 2.70 bits per heavy atom. The molecular formula is C20H28O2S. The van der Waals surface area contributed by atoms with E-state index in [2.05, 4.69) is 25.6 Å². The number of hydrogen-bond donors (Lipinski definition) is 0. The number of rotatable bonds is 1. The minimum atomic E-state index is 0.162. The quantitative estimate of drug-likeness (QED) is 0.712. The number of fused-ring (bicyclic) bond motifs is 5. The summed E-state index contributed by atoms with van der Waals surface area (Å²) >= 11 is 2.08. The second kappa shape index (κ2) is 5.21. The monoisotopic (exact) mass is 332 g/mol. The molecule has 1 aliphatic heterocycles. The molecule has 0 bridgehead atoms. The topological polar surface area (TPSA) is 34.1 Å². The zero-order chi connectivity index (χ0) is 16.4. The van der Waals surface area contributed by atoms with Crippen LogP contribution >= 0.6 is 11.8 Å². The number of allylic oxidation sites excluding steroid dienone is 2. The van der Waals surface area contributed by atoms with Gasteiger partial charge in [-0.3, -0.25) is 9.59 Å². The van der Waals surface area contributed by atoms with Crippen LogP contribution < -0.4 is 0 Å². The van der Waals surface area contributed by atoms with Gasteiger partial charge in [-0.25, -0.2) is 0 Å². The van der Waals surface area contributed by atoms with Gasteiger partial charge in [0.05, 0.1) is 0 Å². The highest BCUT2D eigenvalue weighted by Crippen LogP contribution is 2.65. The molecule has 6 unspecified atom stereocenters. The SMILES string of the molecule is CC(=O)C1CCC2C3CCC4=CC(=O)CCC4(C)C3CSC12C. The van der Waals surface area contributed by atoms with Gasteiger partial charge in [-0.1, -0.05) is 12.5 Å². The van der Waals surface area contributed by atoms with E-state index in [0.29, 0.717) is 23.4 Å². The van der Waals surface area contributed by atoms with Gasteiger partial charge in [-0.15, -0.1) is 0 Å². The maximum atomic E-state index is 12.1. The van der Waals surface area contributed by atoms with Gasteiger partial charge in [0.15, 0.2) is 5.78 Å². The van der Waals surface area contributed by atoms with Crippen molar-refractivity contribution in [3.05, 3.63) is 11.6 Å². The van der Waals surface area contributed by atoms with Crippen molar-refractivity contribution in [2.24, 2.45) is 29.1 Å². The third kappa shape index (κ3) is 2.14. The summed E-state index contributed by atoms with van der Waals surface area (Å²) in [5.74, 6) is 4.30. The second-order valence-corrected chi connectivity index (χ2v) is 10.2. The lowest BCUT2D eigenvalue weighted by Crippen LogP contribution is -2.53. The third-order valence-electron chi connectivity index (χ3n) is 7.82. The van der Waals surface area contributed by atoms with Gasteiger partial charge in [-0.2, -0.15) is 11.8 Å². The predicted molar refractivity (Wildman–Crippen MR) is 94.4 cm³/mol. The van der Waals surface area contributed by atoms with E-state index in [4.69, 9.17) is 0 Å². The first-order valence-electron chi connectivity index (χ1n) is 9.24. The highest BCUT2D eigenvalue weighted by Gasteiger charge is 2.60. The van der Waals surface area contributed by atoms with Crippen LogP contribution in [0.4, 0.5) is 0 Å². The first kappa shape index (κ1) is 15.9. The van der Waals surface area contributed by atoms with Crippen LogP contribution in [0.3, 0.4) is 0 Å². The molecule has 2 saturated carbocycles. The number of carbonyl (C=O) groups excluding carboxylic acids is 2. The summed E-state index contributed by atoms with van der Waals surface area (Å²) in [5, 5.41) is 0. The van der Waals surface area contributed by atoms with Crippen LogP contribution in [0.15, 0.2) is 11.6 Å². The van der Waals surface area contributed by atoms with Crippen molar-refractivity contribution < 1.29 is 9.59 Å². The molecule has 1 heterocycles. The molecule has 0 N–H and O–H groups in total. The largest absolute Gasteiger partial charge is 0.300 e. The summed E-state index contributed by atoms with van der Waals surface area (Å²) in [6.07, 6.45) is 8.39. The van der Waals surface area contributed by atoms with E-state index in [1.54, 1.807) is 6.92 Å². The van der Waals surface area contributed by atoms with Crippen LogP contribution in [0.2, 0.25) is 0 Å². The number of hydrogen-bond acceptors (Lipinski definition) is 3. The van der Waals surface area contributed by atoms with Crippen molar-refractivity contribution in [3.63, 3.8) is 0 Å². The lowest BCUT2D eigenvalue weighted by molar-refractivity contribution is -0.121. The zero-order valence-corrected chi connectivity index (χ0v) is 15.4. The molecule has 126 valence electrons. The van der Waals surface area contributed by atoms with Crippen LogP contribution in [0.5, 0.6) is 0 Å². The van der Waals surface area contributed by atoms with Gasteiger partial charge in [0.1, 0.15) is 5.78 Å². The first-order chi connectivity index (χ1) is 10.9. The molecule has 1 saturated heterocycles. The minimum Gasteiger partial charge on any atom is -0.300 e. The van der Waals surface area contributed by atoms with Crippen molar-refractivity contribution in [2.75, 3.05) is 5.75 Å². The highest BCUT2D eigenvalue weighted by molar-refractivity contribution is 8.00. The second-order valence-electron chi connectivity index (χ2n) is 8.70. The normalized spacial score (nSPS) is 49.0. The fourth-order valence-electron chi connectivity index (χ4n) is 6.44. The molecule has 23 heavy (non-hydrogen) atoms. The van der Waals surface area contributed by atoms with E-state index in [0.717, 1.165) is 31.6 Å². The molecule has 0 spiro atoms. The number of Topliss-reactive ketones (excluding diaryl/α,β-unsaturated/α-hetero) is 1. The Balaban J connectivity index is 1.67. The molecule has 3 heteroatoms. The van der Waals surface area contributed by atoms with Crippen molar-refractivity contribution in [1.29, 1.82) is 0 Å². The van der Waals surface area contributed by atoms with E-state index >= 15 is 0 Å². The highest BCUT2D eigenvalue weighted by atomic mass is 32.2. The molecular weight excluding hydrogens is 304 g/mol. The molecule has 3 fully saturated rings. The smallest absolute Gasteiger partial charge is 0.155 e. The summed E-state index contributed by atoms with van der Waals surface area (Å²) in [5.41, 5.74) is 1.67. The maximum Gasteiger partial charge on any atom is 0.155 e. The molecule has 3 aliphatic carbocycles. The molecule has 2 nitrogen and oxygen atoms in total. The van der Waals surface area contributed by atoms with Gasteiger partial charge in [0, 0.05) is 17.1 Å². The number of thioether (sulfide) groups is 1. The van der Waals surface area contributed by atoms with Crippen molar-refractivity contribution in [1.82, 2.24) is 0 Å². The molecule has 6 atom stereocenters. The maximum absolute atomic E-state index is 12.1. The Morgan fingerprint density at radius 1 is 1.17 bits per heavy atom. The van der Waals surface area contributed by atoms with Gasteiger partial charge < -0.3 is 0 Å². The summed E-state index contributed by atoms with van der Waals surface area (Å²) in [7, 11) is 0. The zero-order valence-electron chi connectivity index (χ0n) is 14.6. The van der Waals surface area contributed by atoms with Crippen LogP contribution in [0, 0.1) is 29.1 Å². The fourth-order valence-corrected chi connectivity index (χ4v) is 8.59. The van der Waals surface area contributed by atoms with Crippen LogP contribution in [0.25, 0.3) is 0 Å². The van der Waals surface area contributed by atoms with Gasteiger partial charge in [0.2, 0.25) is 0 Å². The number of carbonyl (C=O) groups is 2. The van der Waals surface area contributed by atoms with Gasteiger partial charge >= 0.3 is 0 Å². The lowest BCUT2D eigenvalue weighted by atomic mass is 9.53. The van der Waals surface area contributed by atoms with E-state index in [-0.39, 0.29) is 16.1 Å². The van der Waals surface area contributed by atoms with E-state index in [9.17, 15) is 9.59 Å². The van der Waals surface area contributed by atoms with Gasteiger partial charge in [0.25, 0.3) is 0 Å². The Bertz CT molecular complexity index is 594. The van der Waals surface area contributed by atoms with Gasteiger partial charge in [-0.05, 0) is 80.9 Å². The lowest BCUT2D eigenvalue weighted by Gasteiger charge is -2.57.